The van der Waals surface area contributed by atoms with Crippen molar-refractivity contribution in [2.24, 2.45) is 0 Å². The van der Waals surface area contributed by atoms with E-state index >= 15 is 0 Å². The topological polar surface area (TPSA) is 48.1 Å². The molecule has 25 heavy (non-hydrogen) atoms. The number of halogens is 1. The van der Waals surface area contributed by atoms with E-state index < -0.39 is 0 Å². The lowest BCUT2D eigenvalue weighted by Crippen LogP contribution is -2.21. The van der Waals surface area contributed by atoms with Crippen molar-refractivity contribution >= 4 is 28.2 Å². The van der Waals surface area contributed by atoms with Crippen molar-refractivity contribution in [1.29, 1.82) is 0 Å². The molecule has 1 heterocycles. The molecule has 5 heteroatoms. The Labute approximate surface area is 146 Å². The van der Waals surface area contributed by atoms with E-state index in [9.17, 15) is 9.18 Å². The van der Waals surface area contributed by atoms with Gasteiger partial charge in [0.2, 0.25) is 5.91 Å². The van der Waals surface area contributed by atoms with E-state index in [-0.39, 0.29) is 18.1 Å². The van der Waals surface area contributed by atoms with E-state index in [0.717, 1.165) is 40.9 Å². The van der Waals surface area contributed by atoms with Crippen molar-refractivity contribution in [1.82, 2.24) is 4.98 Å². The summed E-state index contributed by atoms with van der Waals surface area (Å²) in [6.07, 6.45) is 1.95. The number of hydrogen-bond acceptors (Lipinski definition) is 2. The maximum Gasteiger partial charge on any atom is 0.228 e. The Balaban J connectivity index is 1.68. The van der Waals surface area contributed by atoms with Gasteiger partial charge in [-0.15, -0.1) is 0 Å². The normalized spacial score (nSPS) is 10.8. The van der Waals surface area contributed by atoms with E-state index in [1.54, 1.807) is 12.3 Å². The monoisotopic (exact) mass is 339 g/mol. The molecule has 0 radical (unpaired) electrons. The maximum atomic E-state index is 13.4. The minimum absolute atomic E-state index is 0.124. The van der Waals surface area contributed by atoms with Crippen LogP contribution in [0.2, 0.25) is 0 Å². The van der Waals surface area contributed by atoms with Crippen LogP contribution in [0.25, 0.3) is 10.9 Å². The lowest BCUT2D eigenvalue weighted by Gasteiger charge is -2.21. The Morgan fingerprint density at radius 2 is 1.84 bits per heavy atom. The van der Waals surface area contributed by atoms with Gasteiger partial charge in [-0.2, -0.15) is 0 Å². The molecule has 0 saturated heterocycles. The van der Waals surface area contributed by atoms with Gasteiger partial charge in [0.25, 0.3) is 0 Å². The number of aromatic amines is 1. The molecule has 0 saturated carbocycles. The van der Waals surface area contributed by atoms with E-state index in [1.807, 2.05) is 24.3 Å². The standard InChI is InChI=1S/C20H22FN3O/c1-3-24(4-2)17-8-6-16(7-9-17)23-20(25)11-14-13-22-19-10-5-15(21)12-18(14)19/h5-10,12-13,22H,3-4,11H2,1-2H3,(H,23,25). The summed E-state index contributed by atoms with van der Waals surface area (Å²) in [4.78, 5) is 17.6. The third-order valence-electron chi connectivity index (χ3n) is 4.36. The van der Waals surface area contributed by atoms with Gasteiger partial charge in [-0.1, -0.05) is 0 Å². The number of nitrogens with zero attached hydrogens (tertiary/aromatic N) is 1. The van der Waals surface area contributed by atoms with Crippen molar-refractivity contribution in [3.8, 4) is 0 Å². The van der Waals surface area contributed by atoms with E-state index in [0.29, 0.717) is 0 Å². The SMILES string of the molecule is CCN(CC)c1ccc(NC(=O)Cc2c[nH]c3ccc(F)cc23)cc1. The van der Waals surface area contributed by atoms with Crippen molar-refractivity contribution in [2.45, 2.75) is 20.3 Å². The van der Waals surface area contributed by atoms with Crippen LogP contribution >= 0.6 is 0 Å². The highest BCUT2D eigenvalue weighted by atomic mass is 19.1. The van der Waals surface area contributed by atoms with Crippen LogP contribution in [0, 0.1) is 5.82 Å². The number of hydrogen-bond donors (Lipinski definition) is 2. The molecule has 1 aromatic heterocycles. The molecule has 0 atom stereocenters. The molecular weight excluding hydrogens is 317 g/mol. The minimum Gasteiger partial charge on any atom is -0.372 e. The summed E-state index contributed by atoms with van der Waals surface area (Å²) in [5.74, 6) is -0.429. The van der Waals surface area contributed by atoms with Crippen LogP contribution < -0.4 is 10.2 Å². The van der Waals surface area contributed by atoms with Gasteiger partial charge in [-0.05, 0) is 61.9 Å². The number of aromatic nitrogens is 1. The fourth-order valence-electron chi connectivity index (χ4n) is 3.02. The summed E-state index contributed by atoms with van der Waals surface area (Å²) >= 11 is 0. The summed E-state index contributed by atoms with van der Waals surface area (Å²) in [5.41, 5.74) is 3.50. The molecule has 0 unspecified atom stereocenters. The van der Waals surface area contributed by atoms with Crippen LogP contribution in [-0.4, -0.2) is 24.0 Å². The zero-order chi connectivity index (χ0) is 17.8. The Hall–Kier alpha value is -2.82. The van der Waals surface area contributed by atoms with Crippen molar-refractivity contribution < 1.29 is 9.18 Å². The number of amides is 1. The van der Waals surface area contributed by atoms with E-state index in [1.165, 1.54) is 12.1 Å². The molecule has 0 aliphatic rings. The molecule has 0 aliphatic carbocycles. The quantitative estimate of drug-likeness (QED) is 0.702. The van der Waals surface area contributed by atoms with Crippen LogP contribution in [0.4, 0.5) is 15.8 Å². The molecule has 4 nitrogen and oxygen atoms in total. The maximum absolute atomic E-state index is 13.4. The predicted molar refractivity (Wildman–Crippen MR) is 101 cm³/mol. The fraction of sp³-hybridized carbons (Fsp3) is 0.250. The first kappa shape index (κ1) is 17.0. The number of carbonyl (C=O) groups is 1. The van der Waals surface area contributed by atoms with Gasteiger partial charge in [0, 0.05) is 41.6 Å². The molecule has 3 rings (SSSR count). The van der Waals surface area contributed by atoms with Crippen LogP contribution in [0.1, 0.15) is 19.4 Å². The van der Waals surface area contributed by atoms with Gasteiger partial charge >= 0.3 is 0 Å². The highest BCUT2D eigenvalue weighted by molar-refractivity contribution is 5.95. The average molecular weight is 339 g/mol. The van der Waals surface area contributed by atoms with Gasteiger partial charge in [0.05, 0.1) is 6.42 Å². The lowest BCUT2D eigenvalue weighted by atomic mass is 10.1. The minimum atomic E-state index is -0.305. The smallest absolute Gasteiger partial charge is 0.228 e. The summed E-state index contributed by atoms with van der Waals surface area (Å²) in [6, 6.07) is 12.3. The molecule has 0 bridgehead atoms. The Bertz CT molecular complexity index is 866. The number of benzene rings is 2. The fourth-order valence-corrected chi connectivity index (χ4v) is 3.02. The Morgan fingerprint density at radius 1 is 1.12 bits per heavy atom. The summed E-state index contributed by atoms with van der Waals surface area (Å²) in [5, 5.41) is 3.64. The van der Waals surface area contributed by atoms with Gasteiger partial charge < -0.3 is 15.2 Å². The molecule has 0 aliphatic heterocycles. The van der Waals surface area contributed by atoms with Crippen LogP contribution in [0.5, 0.6) is 0 Å². The number of rotatable bonds is 6. The Morgan fingerprint density at radius 3 is 2.52 bits per heavy atom. The van der Waals surface area contributed by atoms with Gasteiger partial charge in [0.15, 0.2) is 0 Å². The van der Waals surface area contributed by atoms with Gasteiger partial charge in [0.1, 0.15) is 5.82 Å². The number of anilines is 2. The van der Waals surface area contributed by atoms with Crippen molar-refractivity contribution in [3.05, 3.63) is 60.0 Å². The highest BCUT2D eigenvalue weighted by Gasteiger charge is 2.10. The van der Waals surface area contributed by atoms with Crippen LogP contribution in [-0.2, 0) is 11.2 Å². The highest BCUT2D eigenvalue weighted by Crippen LogP contribution is 2.21. The number of fused-ring (bicyclic) bond motifs is 1. The van der Waals surface area contributed by atoms with Crippen molar-refractivity contribution in [3.63, 3.8) is 0 Å². The molecule has 2 N–H and O–H groups in total. The second-order valence-corrected chi connectivity index (χ2v) is 5.95. The number of nitrogens with one attached hydrogen (secondary N) is 2. The number of H-pyrrole nitrogens is 1. The first-order valence-electron chi connectivity index (χ1n) is 8.51. The molecule has 0 spiro atoms. The first-order valence-corrected chi connectivity index (χ1v) is 8.51. The Kier molecular flexibility index (Phi) is 5.03. The zero-order valence-electron chi connectivity index (χ0n) is 14.5. The van der Waals surface area contributed by atoms with Crippen LogP contribution in [0.15, 0.2) is 48.7 Å². The van der Waals surface area contributed by atoms with E-state index in [2.05, 4.69) is 29.0 Å². The third kappa shape index (κ3) is 3.82. The molecule has 0 fully saturated rings. The summed E-state index contributed by atoms with van der Waals surface area (Å²) in [6.45, 7) is 6.12. The number of carbonyl (C=O) groups excluding carboxylic acids is 1. The molecule has 2 aromatic carbocycles. The van der Waals surface area contributed by atoms with Gasteiger partial charge in [-0.25, -0.2) is 4.39 Å². The molecule has 1 amide bonds. The first-order chi connectivity index (χ1) is 12.1. The average Bonchev–Trinajstić information content (AvgIpc) is 2.99. The zero-order valence-corrected chi connectivity index (χ0v) is 14.5. The molecular formula is C20H22FN3O. The summed E-state index contributed by atoms with van der Waals surface area (Å²) in [7, 11) is 0. The molecule has 3 aromatic rings. The van der Waals surface area contributed by atoms with Crippen molar-refractivity contribution in [2.75, 3.05) is 23.3 Å². The van der Waals surface area contributed by atoms with Gasteiger partial charge in [-0.3, -0.25) is 4.79 Å². The third-order valence-corrected chi connectivity index (χ3v) is 4.36. The largest absolute Gasteiger partial charge is 0.372 e. The molecule has 130 valence electrons. The van der Waals surface area contributed by atoms with E-state index in [4.69, 9.17) is 0 Å². The lowest BCUT2D eigenvalue weighted by molar-refractivity contribution is -0.115. The summed E-state index contributed by atoms with van der Waals surface area (Å²) < 4.78 is 13.4. The second kappa shape index (κ2) is 7.38. The second-order valence-electron chi connectivity index (χ2n) is 5.95. The predicted octanol–water partition coefficient (Wildman–Crippen LogP) is 4.33. The van der Waals surface area contributed by atoms with Crippen LogP contribution in [0.3, 0.4) is 0 Å².